The number of pyridine rings is 3. The number of piperidine rings is 1. The molecule has 1 N–H and O–H groups in total. The summed E-state index contributed by atoms with van der Waals surface area (Å²) in [5.41, 5.74) is 4.23. The molecule has 6 heterocycles. The molecule has 4 aromatic heterocycles. The van der Waals surface area contributed by atoms with Gasteiger partial charge < -0.3 is 23.8 Å². The van der Waals surface area contributed by atoms with Crippen LogP contribution in [-0.4, -0.2) is 126 Å². The van der Waals surface area contributed by atoms with Gasteiger partial charge in [0.1, 0.15) is 29.9 Å². The molecule has 344 valence electrons. The number of imide groups is 1. The number of carbonyl (C=O) groups is 3. The lowest BCUT2D eigenvalue weighted by Gasteiger charge is -2.35. The van der Waals surface area contributed by atoms with E-state index in [1.807, 2.05) is 38.2 Å². The van der Waals surface area contributed by atoms with Gasteiger partial charge in [-0.2, -0.15) is 0 Å². The monoisotopic (exact) mass is 890 g/mol. The standard InChI is InChI=1S/C48H58N8O9/c1-31-26-44(59)56(40-12-13-43(58)52-47(40)60)41-28-37(10-11-38(31)41)65-25-24-64-23-22-63-21-20-62-19-18-53-14-16-54(17-15-53)36-9-8-34(49-29-36)27-42-50-30-39-32(2)45(33(3)57)48(61)55(46(39)51-42)35-6-4-5-7-35/h8-11,26,28-30,35,40H,4-7,12-25,27H2,1-3H3,(H,52,58,60). The highest BCUT2D eigenvalue weighted by atomic mass is 16.6. The summed E-state index contributed by atoms with van der Waals surface area (Å²) in [5.74, 6) is 0.104. The van der Waals surface area contributed by atoms with Crippen molar-refractivity contribution in [1.29, 1.82) is 0 Å². The molecule has 65 heavy (non-hydrogen) atoms. The zero-order chi connectivity index (χ0) is 45.5. The van der Waals surface area contributed by atoms with Crippen LogP contribution in [-0.2, 0) is 30.2 Å². The Kier molecular flexibility index (Phi) is 14.7. The van der Waals surface area contributed by atoms with Gasteiger partial charge in [0.2, 0.25) is 11.8 Å². The van der Waals surface area contributed by atoms with Crippen LogP contribution in [0.15, 0.2) is 58.4 Å². The van der Waals surface area contributed by atoms with E-state index in [4.69, 9.17) is 28.9 Å². The first-order valence-corrected chi connectivity index (χ1v) is 22.7. The number of aryl methyl sites for hydroxylation is 2. The van der Waals surface area contributed by atoms with Crippen LogP contribution in [0.5, 0.6) is 5.75 Å². The van der Waals surface area contributed by atoms with Gasteiger partial charge in [-0.15, -0.1) is 0 Å². The van der Waals surface area contributed by atoms with Gasteiger partial charge >= 0.3 is 0 Å². The molecule has 0 bridgehead atoms. The van der Waals surface area contributed by atoms with E-state index >= 15 is 0 Å². The quantitative estimate of drug-likeness (QED) is 0.0704. The number of amides is 2. The van der Waals surface area contributed by atoms with Crippen molar-refractivity contribution in [3.8, 4) is 5.75 Å². The minimum absolute atomic E-state index is 0.0363. The third-order valence-corrected chi connectivity index (χ3v) is 12.7. The molecule has 17 nitrogen and oxygen atoms in total. The number of ether oxygens (including phenoxy) is 4. The number of piperazine rings is 1. The Morgan fingerprint density at radius 1 is 0.785 bits per heavy atom. The van der Waals surface area contributed by atoms with Gasteiger partial charge in [-0.3, -0.25) is 48.3 Å². The summed E-state index contributed by atoms with van der Waals surface area (Å²) in [5, 5.41) is 3.92. The molecule has 3 fully saturated rings. The number of carbonyl (C=O) groups excluding carboxylic acids is 3. The molecule has 0 spiro atoms. The first-order valence-electron chi connectivity index (χ1n) is 22.7. The highest BCUT2D eigenvalue weighted by Gasteiger charge is 2.30. The van der Waals surface area contributed by atoms with Crippen LogP contribution >= 0.6 is 0 Å². The van der Waals surface area contributed by atoms with Crippen molar-refractivity contribution >= 4 is 45.2 Å². The van der Waals surface area contributed by atoms with Gasteiger partial charge in [0.05, 0.1) is 69.0 Å². The van der Waals surface area contributed by atoms with Crippen molar-refractivity contribution in [3.63, 3.8) is 0 Å². The first-order chi connectivity index (χ1) is 31.5. The summed E-state index contributed by atoms with van der Waals surface area (Å²) in [6.07, 6.45) is 8.45. The van der Waals surface area contributed by atoms with Crippen LogP contribution in [0.25, 0.3) is 21.9 Å². The maximum atomic E-state index is 13.6. The first kappa shape index (κ1) is 45.7. The van der Waals surface area contributed by atoms with E-state index in [0.717, 1.165) is 86.1 Å². The number of hydrogen-bond acceptors (Lipinski definition) is 14. The van der Waals surface area contributed by atoms with Gasteiger partial charge in [0.25, 0.3) is 11.1 Å². The molecular weight excluding hydrogens is 833 g/mol. The lowest BCUT2D eigenvalue weighted by atomic mass is 10.0. The summed E-state index contributed by atoms with van der Waals surface area (Å²) < 4.78 is 26.3. The van der Waals surface area contributed by atoms with Crippen LogP contribution in [0.1, 0.15) is 90.5 Å². The number of nitrogens with zero attached hydrogens (tertiary/aromatic N) is 7. The average Bonchev–Trinajstić information content (AvgIpc) is 3.82. The molecule has 0 radical (unpaired) electrons. The third kappa shape index (κ3) is 10.6. The minimum Gasteiger partial charge on any atom is -0.491 e. The average molecular weight is 891 g/mol. The number of hydrogen-bond donors (Lipinski definition) is 1. The molecule has 2 amide bonds. The number of rotatable bonds is 19. The van der Waals surface area contributed by atoms with Crippen molar-refractivity contribution in [2.24, 2.45) is 0 Å². The molecule has 1 unspecified atom stereocenters. The third-order valence-electron chi connectivity index (χ3n) is 12.7. The second-order valence-electron chi connectivity index (χ2n) is 17.1. The summed E-state index contributed by atoms with van der Waals surface area (Å²) in [6, 6.07) is 10.4. The van der Waals surface area contributed by atoms with Crippen LogP contribution in [0, 0.1) is 13.8 Å². The van der Waals surface area contributed by atoms with Crippen LogP contribution in [0.2, 0.25) is 0 Å². The van der Waals surface area contributed by atoms with Gasteiger partial charge in [0.15, 0.2) is 5.78 Å². The largest absolute Gasteiger partial charge is 0.491 e. The number of fused-ring (bicyclic) bond motifs is 2. The molecular formula is C48H58N8O9. The Labute approximate surface area is 377 Å². The molecule has 17 heteroatoms. The number of ketones is 1. The van der Waals surface area contributed by atoms with E-state index in [0.29, 0.717) is 81.0 Å². The molecule has 1 aliphatic carbocycles. The zero-order valence-corrected chi connectivity index (χ0v) is 37.5. The summed E-state index contributed by atoms with van der Waals surface area (Å²) in [6.45, 7) is 12.6. The Balaban J connectivity index is 0.701. The van der Waals surface area contributed by atoms with Crippen molar-refractivity contribution in [3.05, 3.63) is 97.7 Å². The van der Waals surface area contributed by atoms with Crippen LogP contribution in [0.4, 0.5) is 5.69 Å². The number of aromatic nitrogens is 5. The molecule has 2 saturated heterocycles. The smallest absolute Gasteiger partial charge is 0.263 e. The fourth-order valence-corrected chi connectivity index (χ4v) is 9.26. The topological polar surface area (TPSA) is 189 Å². The predicted octanol–water partition coefficient (Wildman–Crippen LogP) is 4.26. The van der Waals surface area contributed by atoms with Crippen molar-refractivity contribution in [2.75, 3.05) is 83.9 Å². The molecule has 2 aliphatic heterocycles. The van der Waals surface area contributed by atoms with Gasteiger partial charge in [-0.1, -0.05) is 12.8 Å². The van der Waals surface area contributed by atoms with Crippen molar-refractivity contribution < 1.29 is 33.3 Å². The highest BCUT2D eigenvalue weighted by molar-refractivity contribution is 6.00. The fraction of sp³-hybridized carbons (Fsp3) is 0.500. The number of anilines is 1. The van der Waals surface area contributed by atoms with Crippen LogP contribution in [0.3, 0.4) is 0 Å². The second kappa shape index (κ2) is 21.0. The predicted molar refractivity (Wildman–Crippen MR) is 244 cm³/mol. The summed E-state index contributed by atoms with van der Waals surface area (Å²) >= 11 is 0. The fourth-order valence-electron chi connectivity index (χ4n) is 9.26. The number of Topliss-reactive ketones (excluding diaryl/α,β-unsaturated/α-hetero) is 1. The lowest BCUT2D eigenvalue weighted by molar-refractivity contribution is -0.135. The Bertz CT molecular complexity index is 2650. The maximum absolute atomic E-state index is 13.6. The second-order valence-corrected chi connectivity index (χ2v) is 17.1. The van der Waals surface area contributed by atoms with E-state index in [1.54, 1.807) is 16.8 Å². The van der Waals surface area contributed by atoms with Gasteiger partial charge in [0, 0.05) is 80.0 Å². The minimum atomic E-state index is -0.764. The van der Waals surface area contributed by atoms with Crippen molar-refractivity contribution in [2.45, 2.75) is 77.8 Å². The lowest BCUT2D eigenvalue weighted by Crippen LogP contribution is -2.47. The van der Waals surface area contributed by atoms with E-state index in [9.17, 15) is 24.0 Å². The van der Waals surface area contributed by atoms with E-state index < -0.39 is 11.9 Å². The number of nitrogens with one attached hydrogen (secondary N) is 1. The van der Waals surface area contributed by atoms with E-state index in [1.165, 1.54) is 17.6 Å². The normalized spacial score (nSPS) is 17.3. The molecule has 1 atom stereocenters. The van der Waals surface area contributed by atoms with Gasteiger partial charge in [-0.05, 0) is 75.4 Å². The van der Waals surface area contributed by atoms with E-state index in [2.05, 4.69) is 26.2 Å². The molecule has 8 rings (SSSR count). The Hall–Kier alpha value is -5.88. The summed E-state index contributed by atoms with van der Waals surface area (Å²) in [7, 11) is 0. The van der Waals surface area contributed by atoms with Gasteiger partial charge in [-0.25, -0.2) is 9.97 Å². The highest BCUT2D eigenvalue weighted by Crippen LogP contribution is 2.32. The van der Waals surface area contributed by atoms with E-state index in [-0.39, 0.29) is 47.3 Å². The summed E-state index contributed by atoms with van der Waals surface area (Å²) in [4.78, 5) is 82.3. The SMILES string of the molecule is CC(=O)c1c(C)c2cnc(Cc3ccc(N4CCN(CCOCCOCCOCCOc5ccc6c(C)cc(=O)n(C7CCC(=O)NC7=O)c6c5)CC4)cn3)nc2n(C2CCCC2)c1=O. The maximum Gasteiger partial charge on any atom is 0.263 e. The van der Waals surface area contributed by atoms with Crippen molar-refractivity contribution in [1.82, 2.24) is 34.3 Å². The molecule has 1 aromatic carbocycles. The molecule has 5 aromatic rings. The van der Waals surface area contributed by atoms with Crippen LogP contribution < -0.4 is 26.1 Å². The zero-order valence-electron chi connectivity index (χ0n) is 37.5. The number of benzene rings is 1. The Morgan fingerprint density at radius 3 is 2.20 bits per heavy atom. The molecule has 3 aliphatic rings. The molecule has 1 saturated carbocycles. The Morgan fingerprint density at radius 2 is 1.51 bits per heavy atom.